The molecule has 2 amide bonds. The first kappa shape index (κ1) is 15.8. The molecular formula is C16H20N4O2. The van der Waals surface area contributed by atoms with Crippen molar-refractivity contribution in [2.75, 3.05) is 13.6 Å². The highest BCUT2D eigenvalue weighted by atomic mass is 16.2. The third-order valence-electron chi connectivity index (χ3n) is 3.07. The first-order valence-corrected chi connectivity index (χ1v) is 7.11. The Morgan fingerprint density at radius 2 is 1.95 bits per heavy atom. The molecular weight excluding hydrogens is 280 g/mol. The average molecular weight is 300 g/mol. The molecule has 0 atom stereocenters. The van der Waals surface area contributed by atoms with Crippen molar-refractivity contribution in [1.82, 2.24) is 19.8 Å². The van der Waals surface area contributed by atoms with E-state index in [-0.39, 0.29) is 24.4 Å². The highest BCUT2D eigenvalue weighted by Gasteiger charge is 2.19. The van der Waals surface area contributed by atoms with Crippen molar-refractivity contribution < 1.29 is 9.59 Å². The van der Waals surface area contributed by atoms with E-state index >= 15 is 0 Å². The van der Waals surface area contributed by atoms with Crippen LogP contribution >= 0.6 is 0 Å². The smallest absolute Gasteiger partial charge is 0.272 e. The number of amides is 2. The molecule has 0 radical (unpaired) electrons. The second kappa shape index (κ2) is 6.89. The van der Waals surface area contributed by atoms with E-state index in [0.29, 0.717) is 5.69 Å². The molecule has 0 aliphatic carbocycles. The Balaban J connectivity index is 2.14. The summed E-state index contributed by atoms with van der Waals surface area (Å²) in [4.78, 5) is 29.7. The van der Waals surface area contributed by atoms with Crippen molar-refractivity contribution in [3.63, 3.8) is 0 Å². The van der Waals surface area contributed by atoms with E-state index in [9.17, 15) is 9.59 Å². The maximum atomic E-state index is 12.5. The summed E-state index contributed by atoms with van der Waals surface area (Å²) in [5.74, 6) is -0.433. The molecule has 2 rings (SSSR count). The number of hydrogen-bond acceptors (Lipinski definition) is 3. The summed E-state index contributed by atoms with van der Waals surface area (Å²) in [5, 5.41) is 2.76. The molecule has 0 spiro atoms. The van der Waals surface area contributed by atoms with Gasteiger partial charge in [-0.25, -0.2) is 4.98 Å². The third kappa shape index (κ3) is 3.72. The molecule has 0 fully saturated rings. The average Bonchev–Trinajstić information content (AvgIpc) is 2.95. The molecule has 0 aliphatic rings. The first-order chi connectivity index (χ1) is 10.5. The number of imidazole rings is 1. The second-order valence-corrected chi connectivity index (χ2v) is 5.37. The van der Waals surface area contributed by atoms with Gasteiger partial charge in [0.15, 0.2) is 0 Å². The predicted molar refractivity (Wildman–Crippen MR) is 83.8 cm³/mol. The molecule has 0 aliphatic heterocycles. The molecule has 0 saturated carbocycles. The largest absolute Gasteiger partial charge is 0.352 e. The summed E-state index contributed by atoms with van der Waals surface area (Å²) in [6.07, 6.45) is 3.09. The number of hydrogen-bond donors (Lipinski definition) is 1. The van der Waals surface area contributed by atoms with Gasteiger partial charge in [0.1, 0.15) is 5.69 Å². The van der Waals surface area contributed by atoms with E-state index < -0.39 is 0 Å². The van der Waals surface area contributed by atoms with Crippen LogP contribution in [0.5, 0.6) is 0 Å². The Kier molecular flexibility index (Phi) is 4.93. The Morgan fingerprint density at radius 1 is 1.27 bits per heavy atom. The SMILES string of the molecule is CC(C)NC(=O)CN(C)C(=O)c1cncn1-c1ccccc1. The standard InChI is InChI=1S/C16H20N4O2/c1-12(2)18-15(21)10-19(3)16(22)14-9-17-11-20(14)13-7-5-4-6-8-13/h4-9,11-12H,10H2,1-3H3,(H,18,21). The minimum absolute atomic E-state index is 0.0109. The minimum Gasteiger partial charge on any atom is -0.352 e. The van der Waals surface area contributed by atoms with E-state index in [4.69, 9.17) is 0 Å². The van der Waals surface area contributed by atoms with Crippen LogP contribution in [0, 0.1) is 0 Å². The van der Waals surface area contributed by atoms with Crippen LogP contribution in [0.3, 0.4) is 0 Å². The Labute approximate surface area is 129 Å². The van der Waals surface area contributed by atoms with Gasteiger partial charge in [0.2, 0.25) is 5.91 Å². The number of carbonyl (C=O) groups is 2. The van der Waals surface area contributed by atoms with Crippen LogP contribution in [0.15, 0.2) is 42.9 Å². The highest BCUT2D eigenvalue weighted by molar-refractivity contribution is 5.95. The summed E-state index contributed by atoms with van der Waals surface area (Å²) in [6.45, 7) is 3.77. The van der Waals surface area contributed by atoms with E-state index in [1.54, 1.807) is 17.9 Å². The van der Waals surface area contributed by atoms with Crippen molar-refractivity contribution in [3.05, 3.63) is 48.5 Å². The zero-order valence-corrected chi connectivity index (χ0v) is 13.0. The Morgan fingerprint density at radius 3 is 2.59 bits per heavy atom. The van der Waals surface area contributed by atoms with Crippen molar-refractivity contribution in [1.29, 1.82) is 0 Å². The molecule has 0 bridgehead atoms. The van der Waals surface area contributed by atoms with Gasteiger partial charge >= 0.3 is 0 Å². The number of likely N-dealkylation sites (N-methyl/N-ethyl adjacent to an activating group) is 1. The molecule has 6 heteroatoms. The van der Waals surface area contributed by atoms with Crippen molar-refractivity contribution in [2.45, 2.75) is 19.9 Å². The lowest BCUT2D eigenvalue weighted by molar-refractivity contribution is -0.122. The lowest BCUT2D eigenvalue weighted by Gasteiger charge is -2.18. The van der Waals surface area contributed by atoms with Gasteiger partial charge in [-0.3, -0.25) is 14.2 Å². The van der Waals surface area contributed by atoms with Gasteiger partial charge in [-0.15, -0.1) is 0 Å². The molecule has 1 N–H and O–H groups in total. The number of nitrogens with zero attached hydrogens (tertiary/aromatic N) is 3. The zero-order valence-electron chi connectivity index (χ0n) is 13.0. The fourth-order valence-electron chi connectivity index (χ4n) is 2.10. The van der Waals surface area contributed by atoms with E-state index in [2.05, 4.69) is 10.3 Å². The maximum Gasteiger partial charge on any atom is 0.272 e. The number of benzene rings is 1. The van der Waals surface area contributed by atoms with Crippen LogP contribution in [0.25, 0.3) is 5.69 Å². The summed E-state index contributed by atoms with van der Waals surface area (Å²) < 4.78 is 1.71. The van der Waals surface area contributed by atoms with Crippen LogP contribution in [0.4, 0.5) is 0 Å². The number of rotatable bonds is 5. The fraction of sp³-hybridized carbons (Fsp3) is 0.312. The van der Waals surface area contributed by atoms with Crippen LogP contribution in [0.2, 0.25) is 0 Å². The van der Waals surface area contributed by atoms with E-state index in [1.807, 2.05) is 44.2 Å². The normalized spacial score (nSPS) is 10.5. The third-order valence-corrected chi connectivity index (χ3v) is 3.07. The van der Waals surface area contributed by atoms with Gasteiger partial charge in [-0.1, -0.05) is 18.2 Å². The maximum absolute atomic E-state index is 12.5. The lowest BCUT2D eigenvalue weighted by atomic mass is 10.3. The Bertz CT molecular complexity index is 649. The van der Waals surface area contributed by atoms with Gasteiger partial charge in [-0.05, 0) is 26.0 Å². The van der Waals surface area contributed by atoms with Crippen molar-refractivity contribution >= 4 is 11.8 Å². The Hall–Kier alpha value is -2.63. The quantitative estimate of drug-likeness (QED) is 0.909. The van der Waals surface area contributed by atoms with Crippen molar-refractivity contribution in [3.8, 4) is 5.69 Å². The van der Waals surface area contributed by atoms with Crippen LogP contribution in [-0.4, -0.2) is 45.9 Å². The molecule has 2 aromatic rings. The van der Waals surface area contributed by atoms with Gasteiger partial charge in [0.05, 0.1) is 19.1 Å². The second-order valence-electron chi connectivity index (χ2n) is 5.37. The first-order valence-electron chi connectivity index (χ1n) is 7.11. The van der Waals surface area contributed by atoms with Crippen LogP contribution < -0.4 is 5.32 Å². The fourth-order valence-corrected chi connectivity index (χ4v) is 2.10. The number of nitrogens with one attached hydrogen (secondary N) is 1. The van der Waals surface area contributed by atoms with Gasteiger partial charge in [0, 0.05) is 18.8 Å². The molecule has 116 valence electrons. The molecule has 0 unspecified atom stereocenters. The number of aromatic nitrogens is 2. The lowest BCUT2D eigenvalue weighted by Crippen LogP contribution is -2.41. The summed E-state index contributed by atoms with van der Waals surface area (Å²) >= 11 is 0. The zero-order chi connectivity index (χ0) is 16.1. The molecule has 1 aromatic heterocycles. The van der Waals surface area contributed by atoms with Crippen LogP contribution in [-0.2, 0) is 4.79 Å². The molecule has 1 heterocycles. The predicted octanol–water partition coefficient (Wildman–Crippen LogP) is 1.47. The van der Waals surface area contributed by atoms with Gasteiger partial charge < -0.3 is 10.2 Å². The number of carbonyl (C=O) groups excluding carboxylic acids is 2. The van der Waals surface area contributed by atoms with Crippen LogP contribution in [0.1, 0.15) is 24.3 Å². The molecule has 22 heavy (non-hydrogen) atoms. The molecule has 0 saturated heterocycles. The monoisotopic (exact) mass is 300 g/mol. The summed E-state index contributed by atoms with van der Waals surface area (Å²) in [5.41, 5.74) is 1.27. The topological polar surface area (TPSA) is 67.2 Å². The van der Waals surface area contributed by atoms with E-state index in [0.717, 1.165) is 5.69 Å². The van der Waals surface area contributed by atoms with Crippen molar-refractivity contribution in [2.24, 2.45) is 0 Å². The number of para-hydroxylation sites is 1. The van der Waals surface area contributed by atoms with Gasteiger partial charge in [-0.2, -0.15) is 0 Å². The highest BCUT2D eigenvalue weighted by Crippen LogP contribution is 2.12. The summed E-state index contributed by atoms with van der Waals surface area (Å²) in [6, 6.07) is 9.52. The minimum atomic E-state index is -0.250. The van der Waals surface area contributed by atoms with E-state index in [1.165, 1.54) is 11.1 Å². The molecule has 6 nitrogen and oxygen atoms in total. The summed E-state index contributed by atoms with van der Waals surface area (Å²) in [7, 11) is 1.60. The van der Waals surface area contributed by atoms with Gasteiger partial charge in [0.25, 0.3) is 5.91 Å². The molecule has 1 aromatic carbocycles.